The van der Waals surface area contributed by atoms with E-state index in [0.717, 1.165) is 27.9 Å². The molecule has 1 aliphatic heterocycles. The maximum absolute atomic E-state index is 12.2. The maximum Gasteiger partial charge on any atom is 0.234 e. The number of thioether (sulfide) groups is 1. The van der Waals surface area contributed by atoms with Gasteiger partial charge >= 0.3 is 0 Å². The van der Waals surface area contributed by atoms with Gasteiger partial charge in [0, 0.05) is 17.0 Å². The number of nitrogen functional groups attached to an aromatic ring is 1. The predicted octanol–water partition coefficient (Wildman–Crippen LogP) is 4.41. The van der Waals surface area contributed by atoms with Crippen LogP contribution in [0.5, 0.6) is 0 Å². The van der Waals surface area contributed by atoms with E-state index in [1.807, 2.05) is 31.2 Å². The lowest BCUT2D eigenvalue weighted by molar-refractivity contribution is -0.113. The summed E-state index contributed by atoms with van der Waals surface area (Å²) in [4.78, 5) is 23.4. The van der Waals surface area contributed by atoms with Gasteiger partial charge in [-0.15, -0.1) is 11.3 Å². The standard InChI is InChI=1S/C21H24N4O2S2/c1-11(2)15-8-14-16(9-27-15)29-20-18(14)19(22)24-21(25-20)28-10-17(26)23-13-6-4-12(3)5-7-13/h4-7,11,15H,8-10H2,1-3H3,(H,23,26)(H2,22,24,25)/t15-/m0/s1. The van der Waals surface area contributed by atoms with Gasteiger partial charge in [0.1, 0.15) is 10.6 Å². The van der Waals surface area contributed by atoms with E-state index in [4.69, 9.17) is 10.5 Å². The zero-order chi connectivity index (χ0) is 20.5. The second kappa shape index (κ2) is 8.30. The summed E-state index contributed by atoms with van der Waals surface area (Å²) < 4.78 is 5.97. The number of carbonyl (C=O) groups is 1. The first-order chi connectivity index (χ1) is 13.9. The minimum atomic E-state index is -0.0974. The van der Waals surface area contributed by atoms with Crippen molar-refractivity contribution in [3.05, 3.63) is 40.3 Å². The Kier molecular flexibility index (Phi) is 5.76. The molecule has 2 aromatic heterocycles. The van der Waals surface area contributed by atoms with Crippen molar-refractivity contribution in [2.75, 3.05) is 16.8 Å². The van der Waals surface area contributed by atoms with Crippen molar-refractivity contribution in [3.8, 4) is 0 Å². The van der Waals surface area contributed by atoms with E-state index >= 15 is 0 Å². The van der Waals surface area contributed by atoms with Crippen molar-refractivity contribution in [1.82, 2.24) is 9.97 Å². The number of ether oxygens (including phenoxy) is 1. The molecule has 0 unspecified atom stereocenters. The Morgan fingerprint density at radius 2 is 2.10 bits per heavy atom. The van der Waals surface area contributed by atoms with Crippen molar-refractivity contribution < 1.29 is 9.53 Å². The van der Waals surface area contributed by atoms with Gasteiger partial charge in [-0.2, -0.15) is 0 Å². The second-order valence-electron chi connectivity index (χ2n) is 7.58. The topological polar surface area (TPSA) is 90.1 Å². The third kappa shape index (κ3) is 4.39. The highest BCUT2D eigenvalue weighted by Gasteiger charge is 2.27. The molecule has 1 aliphatic rings. The zero-order valence-electron chi connectivity index (χ0n) is 16.7. The monoisotopic (exact) mass is 428 g/mol. The van der Waals surface area contributed by atoms with Gasteiger partial charge in [-0.1, -0.05) is 43.3 Å². The summed E-state index contributed by atoms with van der Waals surface area (Å²) in [7, 11) is 0. The predicted molar refractivity (Wildman–Crippen MR) is 119 cm³/mol. The highest BCUT2D eigenvalue weighted by Crippen LogP contribution is 2.39. The number of nitrogens with one attached hydrogen (secondary N) is 1. The number of thiophene rings is 1. The van der Waals surface area contributed by atoms with Gasteiger partial charge in [-0.25, -0.2) is 9.97 Å². The molecule has 0 aliphatic carbocycles. The molecule has 29 heavy (non-hydrogen) atoms. The Bertz CT molecular complexity index is 1050. The summed E-state index contributed by atoms with van der Waals surface area (Å²) in [6.07, 6.45) is 1.03. The van der Waals surface area contributed by atoms with Crippen molar-refractivity contribution in [3.63, 3.8) is 0 Å². The van der Waals surface area contributed by atoms with Crippen LogP contribution < -0.4 is 11.1 Å². The van der Waals surface area contributed by atoms with Gasteiger partial charge in [0.2, 0.25) is 5.91 Å². The van der Waals surface area contributed by atoms with Gasteiger partial charge in [0.15, 0.2) is 5.16 Å². The van der Waals surface area contributed by atoms with Crippen LogP contribution in [0.15, 0.2) is 29.4 Å². The number of rotatable bonds is 5. The van der Waals surface area contributed by atoms with Crippen molar-refractivity contribution in [2.24, 2.45) is 5.92 Å². The van der Waals surface area contributed by atoms with Gasteiger partial charge in [0.05, 0.1) is 23.8 Å². The fraction of sp³-hybridized carbons (Fsp3) is 0.381. The van der Waals surface area contributed by atoms with Gasteiger partial charge in [0.25, 0.3) is 0 Å². The summed E-state index contributed by atoms with van der Waals surface area (Å²) in [5.74, 6) is 1.06. The molecule has 1 amide bonds. The van der Waals surface area contributed by atoms with E-state index in [0.29, 0.717) is 23.5 Å². The van der Waals surface area contributed by atoms with Crippen molar-refractivity contribution in [1.29, 1.82) is 0 Å². The lowest BCUT2D eigenvalue weighted by Gasteiger charge is -2.26. The highest BCUT2D eigenvalue weighted by molar-refractivity contribution is 7.99. The van der Waals surface area contributed by atoms with E-state index in [-0.39, 0.29) is 17.8 Å². The number of aryl methyl sites for hydroxylation is 1. The third-order valence-corrected chi connectivity index (χ3v) is 6.93. The largest absolute Gasteiger partial charge is 0.383 e. The minimum absolute atomic E-state index is 0.0974. The van der Waals surface area contributed by atoms with Crippen LogP contribution in [0.25, 0.3) is 10.2 Å². The van der Waals surface area contributed by atoms with Gasteiger partial charge in [-0.3, -0.25) is 4.79 Å². The number of fused-ring (bicyclic) bond motifs is 3. The molecule has 4 rings (SSSR count). The molecule has 3 aromatic rings. The van der Waals surface area contributed by atoms with Crippen LogP contribution in [0.3, 0.4) is 0 Å². The Hall–Kier alpha value is -2.16. The van der Waals surface area contributed by atoms with Crippen LogP contribution in [0, 0.1) is 12.8 Å². The summed E-state index contributed by atoms with van der Waals surface area (Å²) in [5, 5.41) is 4.36. The van der Waals surface area contributed by atoms with E-state index in [2.05, 4.69) is 29.1 Å². The molecule has 0 saturated heterocycles. The number of benzene rings is 1. The number of anilines is 2. The minimum Gasteiger partial charge on any atom is -0.383 e. The molecule has 1 atom stereocenters. The third-order valence-electron chi connectivity index (χ3n) is 4.99. The Morgan fingerprint density at radius 1 is 1.34 bits per heavy atom. The average molecular weight is 429 g/mol. The Morgan fingerprint density at radius 3 is 2.83 bits per heavy atom. The smallest absolute Gasteiger partial charge is 0.234 e. The number of hydrogen-bond acceptors (Lipinski definition) is 7. The van der Waals surface area contributed by atoms with Gasteiger partial charge in [-0.05, 0) is 30.5 Å². The number of amides is 1. The molecule has 0 spiro atoms. The fourth-order valence-corrected chi connectivity index (χ4v) is 5.18. The van der Waals surface area contributed by atoms with E-state index < -0.39 is 0 Å². The molecule has 8 heteroatoms. The average Bonchev–Trinajstić information content (AvgIpc) is 3.06. The molecule has 1 aromatic carbocycles. The molecule has 6 nitrogen and oxygen atoms in total. The number of aromatic nitrogens is 2. The molecule has 3 N–H and O–H groups in total. The van der Waals surface area contributed by atoms with Crippen molar-refractivity contribution in [2.45, 2.75) is 45.1 Å². The zero-order valence-corrected chi connectivity index (χ0v) is 18.3. The molecule has 0 radical (unpaired) electrons. The molecule has 3 heterocycles. The maximum atomic E-state index is 12.2. The summed E-state index contributed by atoms with van der Waals surface area (Å²) in [6.45, 7) is 6.94. The molecule has 152 valence electrons. The Labute approximate surface area is 178 Å². The van der Waals surface area contributed by atoms with Gasteiger partial charge < -0.3 is 15.8 Å². The van der Waals surface area contributed by atoms with E-state index in [1.165, 1.54) is 22.2 Å². The quantitative estimate of drug-likeness (QED) is 0.462. The first-order valence-corrected chi connectivity index (χ1v) is 11.4. The lowest BCUT2D eigenvalue weighted by atomic mass is 9.96. The number of carbonyl (C=O) groups excluding carboxylic acids is 1. The van der Waals surface area contributed by atoms with E-state index in [9.17, 15) is 4.79 Å². The van der Waals surface area contributed by atoms with Crippen LogP contribution in [-0.4, -0.2) is 27.7 Å². The number of hydrogen-bond donors (Lipinski definition) is 2. The van der Waals surface area contributed by atoms with E-state index in [1.54, 1.807) is 11.3 Å². The van der Waals surface area contributed by atoms with Crippen LogP contribution in [0.4, 0.5) is 11.5 Å². The molecule has 0 saturated carbocycles. The number of nitrogens with two attached hydrogens (primary N) is 1. The number of nitrogens with zero attached hydrogens (tertiary/aromatic N) is 2. The normalized spacial score (nSPS) is 16.2. The van der Waals surface area contributed by atoms with Crippen molar-refractivity contribution >= 4 is 50.7 Å². The summed E-state index contributed by atoms with van der Waals surface area (Å²) in [6, 6.07) is 7.71. The Balaban J connectivity index is 1.48. The molecule has 0 fully saturated rings. The van der Waals surface area contributed by atoms with Crippen LogP contribution >= 0.6 is 23.1 Å². The first kappa shape index (κ1) is 20.1. The molecular formula is C21H24N4O2S2. The van der Waals surface area contributed by atoms with Crippen LogP contribution in [0.2, 0.25) is 0 Å². The summed E-state index contributed by atoms with van der Waals surface area (Å²) in [5.41, 5.74) is 9.45. The fourth-order valence-electron chi connectivity index (χ4n) is 3.34. The second-order valence-corrected chi connectivity index (χ2v) is 9.60. The highest BCUT2D eigenvalue weighted by atomic mass is 32.2. The summed E-state index contributed by atoms with van der Waals surface area (Å²) >= 11 is 2.90. The van der Waals surface area contributed by atoms with Crippen LogP contribution in [0.1, 0.15) is 29.9 Å². The molecular weight excluding hydrogens is 404 g/mol. The lowest BCUT2D eigenvalue weighted by Crippen LogP contribution is -2.26. The van der Waals surface area contributed by atoms with Crippen LogP contribution in [-0.2, 0) is 22.6 Å². The molecule has 0 bridgehead atoms. The SMILES string of the molecule is Cc1ccc(NC(=O)CSc2nc(N)c3c4c(sc3n2)CO[C@H](C(C)C)C4)cc1. The first-order valence-electron chi connectivity index (χ1n) is 9.59.